The molecule has 0 saturated carbocycles. The monoisotopic (exact) mass is 120 g/mol. The molecule has 0 fully saturated rings. The zero-order valence-corrected chi connectivity index (χ0v) is 4.80. The van der Waals surface area contributed by atoms with Crippen molar-refractivity contribution in [1.29, 1.82) is 0 Å². The van der Waals surface area contributed by atoms with Gasteiger partial charge in [0.25, 0.3) is 0 Å². The first-order valence-electron chi connectivity index (χ1n) is 1.80. The maximum Gasteiger partial charge on any atom is 0.136 e. The lowest BCUT2D eigenvalue weighted by atomic mass is 10.3. The molecule has 0 radical (unpaired) electrons. The number of hydrogen-bond donors (Lipinski definition) is 0. The van der Waals surface area contributed by atoms with Crippen LogP contribution in [-0.4, -0.2) is 0 Å². The predicted molar refractivity (Wildman–Crippen MR) is 29.9 cm³/mol. The summed E-state index contributed by atoms with van der Waals surface area (Å²) in [4.78, 5) is 0. The maximum absolute atomic E-state index is 11.9. The Bertz CT molecular complexity index is 105. The Labute approximate surface area is 47.3 Å². The fourth-order valence-corrected chi connectivity index (χ4v) is 0.279. The van der Waals surface area contributed by atoms with Crippen LogP contribution in [-0.2, 0) is 0 Å². The normalized spacial score (nSPS) is 11.6. The molecule has 2 heteroatoms. The van der Waals surface area contributed by atoms with Crippen molar-refractivity contribution in [1.82, 2.24) is 0 Å². The zero-order valence-electron chi connectivity index (χ0n) is 4.04. The molecule has 0 aliphatic rings. The highest BCUT2D eigenvalue weighted by atomic mass is 35.5. The van der Waals surface area contributed by atoms with Gasteiger partial charge >= 0.3 is 0 Å². The van der Waals surface area contributed by atoms with Gasteiger partial charge in [-0.2, -0.15) is 0 Å². The highest BCUT2D eigenvalue weighted by Crippen LogP contribution is 2.07. The molecule has 0 aromatic rings. The van der Waals surface area contributed by atoms with Crippen LogP contribution in [0.25, 0.3) is 0 Å². The highest BCUT2D eigenvalue weighted by Gasteiger charge is 1.88. The molecule has 0 saturated heterocycles. The summed E-state index contributed by atoms with van der Waals surface area (Å²) in [5.74, 6) is -0.457. The van der Waals surface area contributed by atoms with Gasteiger partial charge in [-0.05, 0) is 12.5 Å². The molecule has 0 spiro atoms. The molecule has 0 unspecified atom stereocenters. The average Bonchev–Trinajstić information content (AvgIpc) is 1.65. The highest BCUT2D eigenvalue weighted by molar-refractivity contribution is 6.25. The fourth-order valence-electron chi connectivity index (χ4n) is 0.0931. The van der Waals surface area contributed by atoms with E-state index in [-0.39, 0.29) is 0 Å². The Morgan fingerprint density at radius 1 is 1.86 bits per heavy atom. The van der Waals surface area contributed by atoms with E-state index >= 15 is 0 Å². The third-order valence-corrected chi connectivity index (χ3v) is 0.695. The zero-order chi connectivity index (χ0) is 5.86. The molecule has 0 heterocycles. The Morgan fingerprint density at radius 2 is 2.29 bits per heavy atom. The number of rotatable bonds is 1. The van der Waals surface area contributed by atoms with Gasteiger partial charge in [0.2, 0.25) is 0 Å². The van der Waals surface area contributed by atoms with E-state index in [0.29, 0.717) is 5.57 Å². The van der Waals surface area contributed by atoms with E-state index in [0.717, 1.165) is 5.54 Å². The van der Waals surface area contributed by atoms with Gasteiger partial charge in [-0.3, -0.25) is 0 Å². The van der Waals surface area contributed by atoms with Gasteiger partial charge in [-0.1, -0.05) is 18.2 Å². The van der Waals surface area contributed by atoms with E-state index in [1.165, 1.54) is 0 Å². The van der Waals surface area contributed by atoms with E-state index in [9.17, 15) is 4.39 Å². The van der Waals surface area contributed by atoms with E-state index in [2.05, 4.69) is 6.58 Å². The lowest BCUT2D eigenvalue weighted by Crippen LogP contribution is -1.67. The van der Waals surface area contributed by atoms with Crippen LogP contribution < -0.4 is 0 Å². The van der Waals surface area contributed by atoms with Crippen LogP contribution in [0.1, 0.15) is 6.92 Å². The molecule has 7 heavy (non-hydrogen) atoms. The van der Waals surface area contributed by atoms with Crippen LogP contribution in [0.5, 0.6) is 0 Å². The van der Waals surface area contributed by atoms with Crippen molar-refractivity contribution in [3.05, 3.63) is 23.5 Å². The van der Waals surface area contributed by atoms with Gasteiger partial charge in [0.15, 0.2) is 0 Å². The summed E-state index contributed by atoms with van der Waals surface area (Å²) in [6.07, 6.45) is 0. The van der Waals surface area contributed by atoms with Crippen molar-refractivity contribution < 1.29 is 4.39 Å². The van der Waals surface area contributed by atoms with E-state index in [1.54, 1.807) is 6.92 Å². The second-order valence-corrected chi connectivity index (χ2v) is 1.46. The molecule has 0 aliphatic carbocycles. The van der Waals surface area contributed by atoms with Gasteiger partial charge in [-0.15, -0.1) is 0 Å². The summed E-state index contributed by atoms with van der Waals surface area (Å²) in [5.41, 5.74) is 1.22. The molecule has 0 rings (SSSR count). The van der Waals surface area contributed by atoms with Crippen LogP contribution in [0, 0.1) is 0 Å². The largest absolute Gasteiger partial charge is 0.206 e. The molecule has 0 aliphatic heterocycles. The Morgan fingerprint density at radius 3 is 2.29 bits per heavy atom. The number of halogens is 2. The molecular weight excluding hydrogens is 115 g/mol. The molecule has 0 atom stereocenters. The van der Waals surface area contributed by atoms with E-state index in [4.69, 9.17) is 11.6 Å². The summed E-state index contributed by atoms with van der Waals surface area (Å²) < 4.78 is 11.9. The van der Waals surface area contributed by atoms with Crippen molar-refractivity contribution >= 4 is 11.6 Å². The van der Waals surface area contributed by atoms with Crippen LogP contribution in [0.2, 0.25) is 0 Å². The van der Waals surface area contributed by atoms with Crippen molar-refractivity contribution in [2.45, 2.75) is 6.92 Å². The molecule has 0 N–H and O–H groups in total. The van der Waals surface area contributed by atoms with Crippen LogP contribution in [0.4, 0.5) is 4.39 Å². The van der Waals surface area contributed by atoms with Gasteiger partial charge in [-0.25, -0.2) is 4.39 Å². The fraction of sp³-hybridized carbons (Fsp3) is 0.200. The topological polar surface area (TPSA) is 0 Å². The summed E-state index contributed by atoms with van der Waals surface area (Å²) in [7, 11) is 0. The first-order chi connectivity index (χ1) is 3.18. The Hall–Kier alpha value is -0.300. The molecule has 0 amide bonds. The first-order valence-corrected chi connectivity index (χ1v) is 2.24. The second-order valence-electron chi connectivity index (χ2n) is 1.24. The lowest BCUT2D eigenvalue weighted by molar-refractivity contribution is 0.655. The van der Waals surface area contributed by atoms with Crippen LogP contribution in [0.15, 0.2) is 23.5 Å². The van der Waals surface area contributed by atoms with Gasteiger partial charge in [0, 0.05) is 5.54 Å². The van der Waals surface area contributed by atoms with Crippen molar-refractivity contribution in [3.63, 3.8) is 0 Å². The predicted octanol–water partition coefficient (Wildman–Crippen LogP) is 2.61. The molecule has 40 valence electrons. The van der Waals surface area contributed by atoms with Crippen LogP contribution >= 0.6 is 11.6 Å². The number of allylic oxidation sites excluding steroid dienone is 2. The minimum absolute atomic E-state index is 0.356. The minimum atomic E-state index is -0.457. The summed E-state index contributed by atoms with van der Waals surface area (Å²) in [5, 5.41) is 0. The third kappa shape index (κ3) is 2.40. The average molecular weight is 121 g/mol. The molecule has 0 aromatic heterocycles. The van der Waals surface area contributed by atoms with Gasteiger partial charge in [0.1, 0.15) is 5.83 Å². The minimum Gasteiger partial charge on any atom is -0.206 e. The molecule has 0 nitrogen and oxygen atoms in total. The molecule has 0 bridgehead atoms. The van der Waals surface area contributed by atoms with Crippen molar-refractivity contribution in [2.24, 2.45) is 0 Å². The Kier molecular flexibility index (Phi) is 2.68. The maximum atomic E-state index is 11.9. The van der Waals surface area contributed by atoms with E-state index < -0.39 is 5.83 Å². The Balaban J connectivity index is 3.82. The van der Waals surface area contributed by atoms with Gasteiger partial charge < -0.3 is 0 Å². The molecular formula is C5H6ClF. The van der Waals surface area contributed by atoms with Crippen LogP contribution in [0.3, 0.4) is 0 Å². The van der Waals surface area contributed by atoms with Gasteiger partial charge in [0.05, 0.1) is 0 Å². The lowest BCUT2D eigenvalue weighted by Gasteiger charge is -1.85. The quantitative estimate of drug-likeness (QED) is 0.467. The summed E-state index contributed by atoms with van der Waals surface area (Å²) in [6.45, 7) is 4.85. The smallest absolute Gasteiger partial charge is 0.136 e. The standard InChI is InChI=1S/C5H6ClF/c1-4(2)5(7)3-6/h3H,1H2,2H3/b5-3-. The molecule has 0 aromatic carbocycles. The first kappa shape index (κ1) is 6.70. The SMILES string of the molecule is C=C(C)/C(F)=C/Cl. The third-order valence-electron chi connectivity index (χ3n) is 0.503. The van der Waals surface area contributed by atoms with Crippen molar-refractivity contribution in [3.8, 4) is 0 Å². The summed E-state index contributed by atoms with van der Waals surface area (Å²) in [6, 6.07) is 0. The number of hydrogen-bond acceptors (Lipinski definition) is 0. The second kappa shape index (κ2) is 2.80. The van der Waals surface area contributed by atoms with Crippen molar-refractivity contribution in [2.75, 3.05) is 0 Å². The summed E-state index contributed by atoms with van der Waals surface area (Å²) >= 11 is 4.95. The van der Waals surface area contributed by atoms with E-state index in [1.807, 2.05) is 0 Å².